The van der Waals surface area contributed by atoms with Crippen molar-refractivity contribution in [3.63, 3.8) is 0 Å². The van der Waals surface area contributed by atoms with Gasteiger partial charge in [-0.25, -0.2) is 15.0 Å². The van der Waals surface area contributed by atoms with Crippen LogP contribution in [0.3, 0.4) is 0 Å². The Balaban J connectivity index is 0.986. The zero-order valence-corrected chi connectivity index (χ0v) is 32.1. The van der Waals surface area contributed by atoms with E-state index in [0.29, 0.717) is 17.5 Å². The lowest BCUT2D eigenvalue weighted by atomic mass is 10.0. The van der Waals surface area contributed by atoms with Crippen molar-refractivity contribution < 1.29 is 0 Å². The molecule has 12 rings (SSSR count). The number of hydrogen-bond acceptors (Lipinski definition) is 5. The van der Waals surface area contributed by atoms with Crippen molar-refractivity contribution >= 4 is 84.8 Å². The first kappa shape index (κ1) is 32.3. The lowest BCUT2D eigenvalue weighted by Crippen LogP contribution is -1.99. The van der Waals surface area contributed by atoms with Crippen molar-refractivity contribution in [2.45, 2.75) is 0 Å². The molecule has 0 aliphatic heterocycles. The summed E-state index contributed by atoms with van der Waals surface area (Å²) in [7, 11) is 0. The first-order chi connectivity index (χ1) is 28.2. The number of benzene rings is 8. The van der Waals surface area contributed by atoms with Crippen molar-refractivity contribution in [1.82, 2.24) is 19.5 Å². The predicted octanol–water partition coefficient (Wildman–Crippen LogP) is 14.4. The second-order valence-electron chi connectivity index (χ2n) is 14.4. The zero-order chi connectivity index (χ0) is 37.5. The van der Waals surface area contributed by atoms with Crippen LogP contribution >= 0.6 is 22.7 Å². The molecule has 0 fully saturated rings. The van der Waals surface area contributed by atoms with E-state index >= 15 is 0 Å². The summed E-state index contributed by atoms with van der Waals surface area (Å²) in [5, 5.41) is 7.62. The number of hydrogen-bond donors (Lipinski definition) is 0. The fraction of sp³-hybridized carbons (Fsp3) is 0. The molecule has 4 aromatic heterocycles. The molecule has 8 aromatic carbocycles. The highest BCUT2D eigenvalue weighted by Crippen LogP contribution is 2.45. The number of nitrogens with zero attached hydrogens (tertiary/aromatic N) is 4. The van der Waals surface area contributed by atoms with E-state index in [2.05, 4.69) is 126 Å². The Morgan fingerprint density at radius 1 is 0.333 bits per heavy atom. The van der Waals surface area contributed by atoms with Gasteiger partial charge in [-0.05, 0) is 47.5 Å². The van der Waals surface area contributed by atoms with Gasteiger partial charge in [-0.15, -0.1) is 22.7 Å². The molecular formula is C51H30N4S2. The quantitative estimate of drug-likeness (QED) is 0.175. The van der Waals surface area contributed by atoms with Gasteiger partial charge < -0.3 is 4.57 Å². The van der Waals surface area contributed by atoms with Crippen LogP contribution in [0.2, 0.25) is 0 Å². The molecule has 4 heterocycles. The molecule has 266 valence electrons. The molecular weight excluding hydrogens is 733 g/mol. The summed E-state index contributed by atoms with van der Waals surface area (Å²) in [5.74, 6) is 2.00. The highest BCUT2D eigenvalue weighted by molar-refractivity contribution is 7.27. The number of aromatic nitrogens is 4. The maximum Gasteiger partial charge on any atom is 0.164 e. The van der Waals surface area contributed by atoms with E-state index < -0.39 is 0 Å². The molecule has 0 bridgehead atoms. The fourth-order valence-electron chi connectivity index (χ4n) is 8.41. The largest absolute Gasteiger partial charge is 0.308 e. The minimum Gasteiger partial charge on any atom is -0.308 e. The van der Waals surface area contributed by atoms with Gasteiger partial charge in [-0.1, -0.05) is 146 Å². The normalized spacial score (nSPS) is 11.9. The summed E-state index contributed by atoms with van der Waals surface area (Å²) in [6.45, 7) is 0. The highest BCUT2D eigenvalue weighted by atomic mass is 32.1. The molecule has 12 aromatic rings. The van der Waals surface area contributed by atoms with Crippen LogP contribution < -0.4 is 0 Å². The smallest absolute Gasteiger partial charge is 0.164 e. The van der Waals surface area contributed by atoms with Gasteiger partial charge in [0.25, 0.3) is 0 Å². The van der Waals surface area contributed by atoms with Gasteiger partial charge in [0.05, 0.1) is 21.4 Å². The maximum atomic E-state index is 4.99. The lowest BCUT2D eigenvalue weighted by molar-refractivity contribution is 1.07. The second-order valence-corrected chi connectivity index (χ2v) is 16.5. The fourth-order valence-corrected chi connectivity index (χ4v) is 10.9. The summed E-state index contributed by atoms with van der Waals surface area (Å²) >= 11 is 3.71. The average Bonchev–Trinajstić information content (AvgIpc) is 3.96. The molecule has 0 saturated heterocycles. The summed E-state index contributed by atoms with van der Waals surface area (Å²) in [5.41, 5.74) is 9.05. The van der Waals surface area contributed by atoms with Gasteiger partial charge in [-0.2, -0.15) is 0 Å². The molecule has 57 heavy (non-hydrogen) atoms. The van der Waals surface area contributed by atoms with Gasteiger partial charge in [0, 0.05) is 63.1 Å². The third-order valence-corrected chi connectivity index (χ3v) is 13.5. The predicted molar refractivity (Wildman–Crippen MR) is 242 cm³/mol. The summed E-state index contributed by atoms with van der Waals surface area (Å²) in [6, 6.07) is 64.9. The second kappa shape index (κ2) is 12.8. The number of thiophene rings is 2. The topological polar surface area (TPSA) is 43.6 Å². The Hall–Kier alpha value is -6.99. The van der Waals surface area contributed by atoms with Gasteiger partial charge >= 0.3 is 0 Å². The van der Waals surface area contributed by atoms with Crippen LogP contribution in [0, 0.1) is 0 Å². The van der Waals surface area contributed by atoms with Crippen LogP contribution in [0.1, 0.15) is 0 Å². The first-order valence-electron chi connectivity index (χ1n) is 19.0. The van der Waals surface area contributed by atoms with Crippen LogP contribution in [-0.2, 0) is 0 Å². The van der Waals surface area contributed by atoms with E-state index in [1.807, 2.05) is 83.3 Å². The zero-order valence-electron chi connectivity index (χ0n) is 30.4. The minimum atomic E-state index is 0.665. The average molecular weight is 763 g/mol. The molecule has 0 atom stereocenters. The van der Waals surface area contributed by atoms with Gasteiger partial charge in [0.15, 0.2) is 17.5 Å². The molecule has 0 spiro atoms. The van der Waals surface area contributed by atoms with Crippen molar-refractivity contribution in [1.29, 1.82) is 0 Å². The van der Waals surface area contributed by atoms with Crippen molar-refractivity contribution in [3.8, 4) is 51.0 Å². The van der Waals surface area contributed by atoms with E-state index in [1.165, 1.54) is 79.0 Å². The SMILES string of the molecule is c1ccc(-c2nc(-c3ccccc3)nc(-c3ccc4c(c3)sc3ccc(-c5cccc6c5sc5c(-n7c8ccccc8c8ccccc87)cccc56)cc34)n2)cc1. The lowest BCUT2D eigenvalue weighted by Gasteiger charge is -2.09. The van der Waals surface area contributed by atoms with E-state index in [9.17, 15) is 0 Å². The molecule has 0 amide bonds. The monoisotopic (exact) mass is 762 g/mol. The van der Waals surface area contributed by atoms with Crippen LogP contribution in [0.4, 0.5) is 0 Å². The highest BCUT2D eigenvalue weighted by Gasteiger charge is 2.19. The van der Waals surface area contributed by atoms with Crippen molar-refractivity contribution in [2.24, 2.45) is 0 Å². The van der Waals surface area contributed by atoms with Crippen LogP contribution in [0.5, 0.6) is 0 Å². The Morgan fingerprint density at radius 3 is 1.58 bits per heavy atom. The van der Waals surface area contributed by atoms with Crippen LogP contribution in [0.25, 0.3) is 113 Å². The minimum absolute atomic E-state index is 0.665. The molecule has 0 aliphatic carbocycles. The molecule has 0 radical (unpaired) electrons. The molecule has 4 nitrogen and oxygen atoms in total. The third-order valence-electron chi connectivity index (χ3n) is 11.1. The van der Waals surface area contributed by atoms with Gasteiger partial charge in [-0.3, -0.25) is 0 Å². The van der Waals surface area contributed by atoms with Gasteiger partial charge in [0.1, 0.15) is 0 Å². The summed E-state index contributed by atoms with van der Waals surface area (Å²) in [4.78, 5) is 14.9. The standard InChI is InChI=1S/C51H30N4S2/c1-3-13-31(14-4-1)49-52-50(32-15-5-2-6-16-32)54-51(53-49)34-25-27-38-41-29-33(26-28-45(41)56-46(38)30-34)35-19-11-20-39-40-21-12-24-44(48(40)57-47(35)39)55-42-22-9-7-17-36(42)37-18-8-10-23-43(37)55/h1-30H. The summed E-state index contributed by atoms with van der Waals surface area (Å²) in [6.07, 6.45) is 0. The molecule has 0 unspecified atom stereocenters. The molecule has 0 aliphatic rings. The Morgan fingerprint density at radius 2 is 0.895 bits per heavy atom. The maximum absolute atomic E-state index is 4.99. The first-order valence-corrected chi connectivity index (χ1v) is 20.7. The van der Waals surface area contributed by atoms with E-state index in [1.54, 1.807) is 0 Å². The number of fused-ring (bicyclic) bond motifs is 9. The van der Waals surface area contributed by atoms with E-state index in [-0.39, 0.29) is 0 Å². The van der Waals surface area contributed by atoms with E-state index in [0.717, 1.165) is 16.7 Å². The van der Waals surface area contributed by atoms with Crippen molar-refractivity contribution in [3.05, 3.63) is 182 Å². The Bertz CT molecular complexity index is 3410. The van der Waals surface area contributed by atoms with E-state index in [4.69, 9.17) is 15.0 Å². The van der Waals surface area contributed by atoms with Gasteiger partial charge in [0.2, 0.25) is 0 Å². The molecule has 6 heteroatoms. The van der Waals surface area contributed by atoms with Crippen molar-refractivity contribution in [2.75, 3.05) is 0 Å². The van der Waals surface area contributed by atoms with Crippen LogP contribution in [0.15, 0.2) is 182 Å². The molecule has 0 N–H and O–H groups in total. The van der Waals surface area contributed by atoms with Crippen LogP contribution in [-0.4, -0.2) is 19.5 Å². The summed E-state index contributed by atoms with van der Waals surface area (Å²) < 4.78 is 7.51. The number of para-hydroxylation sites is 2. The third kappa shape index (κ3) is 5.15. The Kier molecular flexibility index (Phi) is 7.24. The number of rotatable bonds is 5. The Labute approximate surface area is 335 Å². The molecule has 0 saturated carbocycles.